The maximum atomic E-state index is 6.36. The van der Waals surface area contributed by atoms with Crippen LogP contribution in [0.25, 0.3) is 16.6 Å². The van der Waals surface area contributed by atoms with Crippen LogP contribution >= 0.6 is 0 Å². The quantitative estimate of drug-likeness (QED) is 0.304. The van der Waals surface area contributed by atoms with E-state index < -0.39 is 0 Å². The molecule has 1 aliphatic heterocycles. The first-order chi connectivity index (χ1) is 18.5. The number of nitrogens with two attached hydrogens (primary N) is 1. The molecule has 1 saturated carbocycles. The molecule has 2 fully saturated rings. The third-order valence-electron chi connectivity index (χ3n) is 8.00. The maximum Gasteiger partial charge on any atom is 0.0727 e. The molecule has 1 aliphatic carbocycles. The Bertz CT molecular complexity index is 1470. The second-order valence-electron chi connectivity index (χ2n) is 10.8. The van der Waals surface area contributed by atoms with Crippen LogP contribution in [0.15, 0.2) is 78.4 Å². The van der Waals surface area contributed by atoms with E-state index in [4.69, 9.17) is 5.73 Å². The van der Waals surface area contributed by atoms with E-state index in [1.54, 1.807) is 0 Å². The zero-order valence-corrected chi connectivity index (χ0v) is 22.5. The lowest BCUT2D eigenvalue weighted by atomic mass is 9.87. The number of anilines is 3. The summed E-state index contributed by atoms with van der Waals surface area (Å²) >= 11 is 0. The minimum atomic E-state index is 0.777. The van der Waals surface area contributed by atoms with Crippen LogP contribution in [0.3, 0.4) is 0 Å². The topological polar surface area (TPSA) is 57.4 Å². The SMILES string of the molecule is Cc1ccc(N2CCN(Cc3ccccc3C(Nc3ccc4nc(C)cc(N)c4c3)=C3CCC3)CC2)cc1. The molecule has 3 aromatic carbocycles. The molecule has 5 heteroatoms. The predicted molar refractivity (Wildman–Crippen MR) is 160 cm³/mol. The minimum Gasteiger partial charge on any atom is -0.398 e. The van der Waals surface area contributed by atoms with E-state index in [0.717, 1.165) is 73.5 Å². The molecular formula is C33H37N5. The van der Waals surface area contributed by atoms with Crippen LogP contribution in [0.4, 0.5) is 17.1 Å². The Hall–Kier alpha value is -3.83. The normalized spacial score (nSPS) is 15.9. The van der Waals surface area contributed by atoms with E-state index in [9.17, 15) is 0 Å². The van der Waals surface area contributed by atoms with Crippen molar-refractivity contribution in [1.29, 1.82) is 0 Å². The van der Waals surface area contributed by atoms with Crippen molar-refractivity contribution in [3.05, 3.63) is 101 Å². The average Bonchev–Trinajstić information content (AvgIpc) is 2.89. The van der Waals surface area contributed by atoms with Gasteiger partial charge in [-0.25, -0.2) is 0 Å². The molecule has 0 spiro atoms. The molecule has 3 N–H and O–H groups in total. The van der Waals surface area contributed by atoms with E-state index in [2.05, 4.69) is 93.8 Å². The number of hydrogen-bond acceptors (Lipinski definition) is 5. The molecular weight excluding hydrogens is 466 g/mol. The summed E-state index contributed by atoms with van der Waals surface area (Å²) in [7, 11) is 0. The fraction of sp³-hybridized carbons (Fsp3) is 0.303. The highest BCUT2D eigenvalue weighted by Crippen LogP contribution is 2.36. The molecule has 1 aromatic heterocycles. The fourth-order valence-corrected chi connectivity index (χ4v) is 5.62. The van der Waals surface area contributed by atoms with E-state index >= 15 is 0 Å². The second-order valence-corrected chi connectivity index (χ2v) is 10.8. The van der Waals surface area contributed by atoms with Gasteiger partial charge < -0.3 is 16.0 Å². The zero-order valence-electron chi connectivity index (χ0n) is 22.5. The monoisotopic (exact) mass is 503 g/mol. The molecule has 0 unspecified atom stereocenters. The third kappa shape index (κ3) is 5.11. The summed E-state index contributed by atoms with van der Waals surface area (Å²) in [6, 6.07) is 26.1. The van der Waals surface area contributed by atoms with Gasteiger partial charge in [0.1, 0.15) is 0 Å². The van der Waals surface area contributed by atoms with Gasteiger partial charge in [0.05, 0.1) is 5.52 Å². The lowest BCUT2D eigenvalue weighted by Crippen LogP contribution is -2.46. The first-order valence-corrected chi connectivity index (χ1v) is 13.8. The van der Waals surface area contributed by atoms with Crippen molar-refractivity contribution >= 4 is 33.7 Å². The molecule has 2 heterocycles. The van der Waals surface area contributed by atoms with Gasteiger partial charge >= 0.3 is 0 Å². The summed E-state index contributed by atoms with van der Waals surface area (Å²) in [5.74, 6) is 0. The molecule has 0 amide bonds. The zero-order chi connectivity index (χ0) is 26.1. The van der Waals surface area contributed by atoms with Gasteiger partial charge in [-0.15, -0.1) is 0 Å². The van der Waals surface area contributed by atoms with Gasteiger partial charge in [0.25, 0.3) is 0 Å². The fourth-order valence-electron chi connectivity index (χ4n) is 5.62. The Morgan fingerprint density at radius 3 is 2.39 bits per heavy atom. The molecule has 4 aromatic rings. The molecule has 2 aliphatic rings. The van der Waals surface area contributed by atoms with Gasteiger partial charge in [0.15, 0.2) is 0 Å². The van der Waals surface area contributed by atoms with Crippen molar-refractivity contribution < 1.29 is 0 Å². The van der Waals surface area contributed by atoms with Gasteiger partial charge in [-0.3, -0.25) is 9.88 Å². The number of rotatable bonds is 6. The van der Waals surface area contributed by atoms with E-state index in [1.807, 2.05) is 13.0 Å². The highest BCUT2D eigenvalue weighted by Gasteiger charge is 2.22. The van der Waals surface area contributed by atoms with Gasteiger partial charge in [0.2, 0.25) is 0 Å². The molecule has 6 rings (SSSR count). The summed E-state index contributed by atoms with van der Waals surface area (Å²) in [6.07, 6.45) is 3.57. The van der Waals surface area contributed by atoms with Gasteiger partial charge in [-0.1, -0.05) is 42.0 Å². The number of nitrogens with one attached hydrogen (secondary N) is 1. The van der Waals surface area contributed by atoms with Crippen molar-refractivity contribution in [3.63, 3.8) is 0 Å². The first-order valence-electron chi connectivity index (χ1n) is 13.8. The van der Waals surface area contributed by atoms with Crippen molar-refractivity contribution in [2.24, 2.45) is 0 Å². The Balaban J connectivity index is 1.22. The van der Waals surface area contributed by atoms with Gasteiger partial charge in [0, 0.05) is 72.1 Å². The molecule has 0 bridgehead atoms. The average molecular weight is 504 g/mol. The second kappa shape index (κ2) is 10.5. The highest BCUT2D eigenvalue weighted by atomic mass is 15.3. The molecule has 1 saturated heterocycles. The molecule has 0 radical (unpaired) electrons. The standard InChI is InChI=1S/C33H37N5/c1-23-10-13-28(14-11-23)38-18-16-37(17-19-38)22-26-6-3-4-9-29(26)33(25-7-5-8-25)36-27-12-15-32-30(21-27)31(34)20-24(2)35-32/h3-4,6,9-15,20-21,36H,5,7-8,16-19,22H2,1-2H3,(H2,34,35). The smallest absolute Gasteiger partial charge is 0.0727 e. The lowest BCUT2D eigenvalue weighted by Gasteiger charge is -2.36. The number of aryl methyl sites for hydroxylation is 2. The van der Waals surface area contributed by atoms with Crippen molar-refractivity contribution in [2.75, 3.05) is 42.1 Å². The van der Waals surface area contributed by atoms with Crippen LogP contribution in [0.2, 0.25) is 0 Å². The third-order valence-corrected chi connectivity index (χ3v) is 8.00. The van der Waals surface area contributed by atoms with Crippen LogP contribution in [0, 0.1) is 13.8 Å². The van der Waals surface area contributed by atoms with Crippen LogP contribution in [-0.4, -0.2) is 36.1 Å². The summed E-state index contributed by atoms with van der Waals surface area (Å²) in [5.41, 5.74) is 18.2. The number of nitrogens with zero attached hydrogens (tertiary/aromatic N) is 3. The Kier molecular flexibility index (Phi) is 6.77. The summed E-state index contributed by atoms with van der Waals surface area (Å²) in [5, 5.41) is 4.81. The Labute approximate surface area is 226 Å². The molecule has 38 heavy (non-hydrogen) atoms. The maximum absolute atomic E-state index is 6.36. The van der Waals surface area contributed by atoms with Gasteiger partial charge in [-0.2, -0.15) is 0 Å². The molecule has 194 valence electrons. The molecule has 0 atom stereocenters. The van der Waals surface area contributed by atoms with Crippen molar-refractivity contribution in [2.45, 2.75) is 39.7 Å². The minimum absolute atomic E-state index is 0.777. The van der Waals surface area contributed by atoms with Gasteiger partial charge in [-0.05, 0) is 80.6 Å². The Morgan fingerprint density at radius 1 is 0.895 bits per heavy atom. The highest BCUT2D eigenvalue weighted by molar-refractivity contribution is 5.94. The summed E-state index contributed by atoms with van der Waals surface area (Å²) in [6.45, 7) is 9.35. The number of pyridine rings is 1. The van der Waals surface area contributed by atoms with Crippen LogP contribution < -0.4 is 16.0 Å². The number of hydrogen-bond donors (Lipinski definition) is 2. The van der Waals surface area contributed by atoms with Crippen LogP contribution in [0.5, 0.6) is 0 Å². The van der Waals surface area contributed by atoms with Crippen LogP contribution in [0.1, 0.15) is 41.6 Å². The number of allylic oxidation sites excluding steroid dienone is 1. The largest absolute Gasteiger partial charge is 0.398 e. The van der Waals surface area contributed by atoms with E-state index in [0.29, 0.717) is 0 Å². The number of fused-ring (bicyclic) bond motifs is 1. The number of piperazine rings is 1. The lowest BCUT2D eigenvalue weighted by molar-refractivity contribution is 0.249. The van der Waals surface area contributed by atoms with Crippen molar-refractivity contribution in [1.82, 2.24) is 9.88 Å². The predicted octanol–water partition coefficient (Wildman–Crippen LogP) is 6.76. The number of nitrogen functional groups attached to an aromatic ring is 1. The van der Waals surface area contributed by atoms with E-state index in [1.165, 1.54) is 40.1 Å². The van der Waals surface area contributed by atoms with Crippen molar-refractivity contribution in [3.8, 4) is 0 Å². The summed E-state index contributed by atoms with van der Waals surface area (Å²) in [4.78, 5) is 9.76. The number of benzene rings is 3. The first kappa shape index (κ1) is 24.5. The summed E-state index contributed by atoms with van der Waals surface area (Å²) < 4.78 is 0. The Morgan fingerprint density at radius 2 is 1.66 bits per heavy atom. The number of aromatic nitrogens is 1. The van der Waals surface area contributed by atoms with E-state index in [-0.39, 0.29) is 0 Å². The molecule has 5 nitrogen and oxygen atoms in total. The van der Waals surface area contributed by atoms with Crippen LogP contribution in [-0.2, 0) is 6.54 Å².